The van der Waals surface area contributed by atoms with Gasteiger partial charge in [0.25, 0.3) is 5.91 Å². The van der Waals surface area contributed by atoms with E-state index in [1.165, 1.54) is 12.1 Å². The first-order valence-electron chi connectivity index (χ1n) is 12.4. The summed E-state index contributed by atoms with van der Waals surface area (Å²) in [7, 11) is 0. The van der Waals surface area contributed by atoms with Crippen molar-refractivity contribution in [2.45, 2.75) is 56.7 Å². The van der Waals surface area contributed by atoms with Crippen LogP contribution in [0.5, 0.6) is 0 Å². The van der Waals surface area contributed by atoms with Crippen LogP contribution in [0.15, 0.2) is 46.9 Å². The summed E-state index contributed by atoms with van der Waals surface area (Å²) in [5.41, 5.74) is 1.26. The predicted octanol–water partition coefficient (Wildman–Crippen LogP) is 3.95. The highest BCUT2D eigenvalue weighted by molar-refractivity contribution is 9.10. The second-order valence-corrected chi connectivity index (χ2v) is 10.9. The van der Waals surface area contributed by atoms with Gasteiger partial charge in [-0.1, -0.05) is 34.1 Å². The van der Waals surface area contributed by atoms with Crippen LogP contribution in [0.2, 0.25) is 0 Å². The van der Waals surface area contributed by atoms with Crippen LogP contribution in [-0.2, 0) is 32.9 Å². The number of fused-ring (bicyclic) bond motifs is 2. The lowest BCUT2D eigenvalue weighted by Crippen LogP contribution is -2.48. The molecule has 0 aromatic heterocycles. The number of aliphatic carboxylic acids is 1. The topological polar surface area (TPSA) is 107 Å². The molecule has 2 fully saturated rings. The zero-order valence-corrected chi connectivity index (χ0v) is 21.7. The van der Waals surface area contributed by atoms with Crippen molar-refractivity contribution in [2.75, 3.05) is 6.54 Å². The number of aryl methyl sites for hydroxylation is 1. The predicted molar refractivity (Wildman–Crippen MR) is 135 cm³/mol. The lowest BCUT2D eigenvalue weighted by atomic mass is 9.85. The monoisotopic (exact) mass is 571 g/mol. The molecule has 0 radical (unpaired) electrons. The number of urea groups is 1. The number of halogens is 2. The number of carboxylic acid groups (broad SMARTS) is 1. The Morgan fingerprint density at radius 2 is 1.81 bits per heavy atom. The molecule has 1 atom stereocenters. The molecule has 37 heavy (non-hydrogen) atoms. The van der Waals surface area contributed by atoms with E-state index in [4.69, 9.17) is 0 Å². The summed E-state index contributed by atoms with van der Waals surface area (Å²) in [5, 5.41) is 12.2. The molecule has 1 heterocycles. The first kappa shape index (κ1) is 25.4. The van der Waals surface area contributed by atoms with Crippen molar-refractivity contribution in [3.05, 3.63) is 69.4 Å². The highest BCUT2D eigenvalue weighted by atomic mass is 79.9. The summed E-state index contributed by atoms with van der Waals surface area (Å²) in [6, 6.07) is 10.6. The first-order chi connectivity index (χ1) is 17.7. The van der Waals surface area contributed by atoms with Gasteiger partial charge < -0.3 is 15.3 Å². The van der Waals surface area contributed by atoms with E-state index in [1.807, 2.05) is 18.2 Å². The average Bonchev–Trinajstić information content (AvgIpc) is 3.35. The Morgan fingerprint density at radius 1 is 1.11 bits per heavy atom. The molecule has 1 saturated heterocycles. The Bertz CT molecular complexity index is 1260. The third-order valence-electron chi connectivity index (χ3n) is 7.84. The average molecular weight is 572 g/mol. The molecule has 1 spiro atoms. The fourth-order valence-corrected chi connectivity index (χ4v) is 6.24. The summed E-state index contributed by atoms with van der Waals surface area (Å²) in [5.74, 6) is -2.53. The van der Waals surface area contributed by atoms with Crippen molar-refractivity contribution in [3.63, 3.8) is 0 Å². The van der Waals surface area contributed by atoms with Crippen molar-refractivity contribution in [2.24, 2.45) is 5.92 Å². The first-order valence-corrected chi connectivity index (χ1v) is 13.2. The molecule has 1 saturated carbocycles. The van der Waals surface area contributed by atoms with Crippen molar-refractivity contribution < 1.29 is 28.7 Å². The van der Waals surface area contributed by atoms with Crippen LogP contribution in [0.4, 0.5) is 9.18 Å². The number of amides is 4. The number of rotatable bonds is 6. The normalized spacial score (nSPS) is 24.8. The molecule has 2 aromatic rings. The zero-order valence-electron chi connectivity index (χ0n) is 20.1. The Labute approximate surface area is 221 Å². The SMILES string of the molecule is O=C1NC2(CCc3cc(Br)ccc32)C(=O)N1CC(=O)N(Cc1ccc(F)cc1)[C@H]1CC[C@H](C(=O)O)CC1. The maximum atomic E-state index is 13.6. The van der Waals surface area contributed by atoms with Gasteiger partial charge in [0, 0.05) is 17.1 Å². The second-order valence-electron chi connectivity index (χ2n) is 10.0. The molecule has 2 aromatic carbocycles. The minimum atomic E-state index is -1.17. The number of carbonyl (C=O) groups excluding carboxylic acids is 3. The van der Waals surface area contributed by atoms with E-state index in [0.717, 1.165) is 20.5 Å². The van der Waals surface area contributed by atoms with Crippen LogP contribution < -0.4 is 5.32 Å². The number of imide groups is 1. The Morgan fingerprint density at radius 3 is 2.49 bits per heavy atom. The molecule has 1 unspecified atom stereocenters. The number of benzene rings is 2. The van der Waals surface area contributed by atoms with Gasteiger partial charge in [-0.2, -0.15) is 0 Å². The summed E-state index contributed by atoms with van der Waals surface area (Å²) in [4.78, 5) is 54.2. The lowest BCUT2D eigenvalue weighted by Gasteiger charge is -2.36. The van der Waals surface area contributed by atoms with E-state index in [2.05, 4.69) is 21.2 Å². The number of hydrogen-bond donors (Lipinski definition) is 2. The number of nitrogens with zero attached hydrogens (tertiary/aromatic N) is 2. The van der Waals surface area contributed by atoms with Crippen molar-refractivity contribution in [1.82, 2.24) is 15.1 Å². The van der Waals surface area contributed by atoms with Gasteiger partial charge in [-0.15, -0.1) is 0 Å². The molecule has 2 N–H and O–H groups in total. The number of nitrogens with one attached hydrogen (secondary N) is 1. The van der Waals surface area contributed by atoms with Crippen LogP contribution in [0.3, 0.4) is 0 Å². The molecular formula is C27H27BrFN3O5. The van der Waals surface area contributed by atoms with Crippen LogP contribution in [0.25, 0.3) is 0 Å². The van der Waals surface area contributed by atoms with Gasteiger partial charge in [0.1, 0.15) is 17.9 Å². The minimum absolute atomic E-state index is 0.174. The largest absolute Gasteiger partial charge is 0.481 e. The Balaban J connectivity index is 1.36. The third-order valence-corrected chi connectivity index (χ3v) is 8.33. The molecule has 4 amide bonds. The molecule has 1 aliphatic heterocycles. The minimum Gasteiger partial charge on any atom is -0.481 e. The van der Waals surface area contributed by atoms with E-state index in [-0.39, 0.29) is 12.6 Å². The van der Waals surface area contributed by atoms with Gasteiger partial charge in [0.2, 0.25) is 5.91 Å². The fourth-order valence-electron chi connectivity index (χ4n) is 5.83. The van der Waals surface area contributed by atoms with Crippen LogP contribution in [0, 0.1) is 11.7 Å². The molecule has 194 valence electrons. The highest BCUT2D eigenvalue weighted by Crippen LogP contribution is 2.42. The van der Waals surface area contributed by atoms with Crippen LogP contribution >= 0.6 is 15.9 Å². The maximum absolute atomic E-state index is 13.6. The van der Waals surface area contributed by atoms with E-state index >= 15 is 0 Å². The van der Waals surface area contributed by atoms with Crippen LogP contribution in [-0.4, -0.2) is 51.3 Å². The van der Waals surface area contributed by atoms with Gasteiger partial charge in [-0.25, -0.2) is 9.18 Å². The zero-order chi connectivity index (χ0) is 26.3. The molecule has 3 aliphatic rings. The summed E-state index contributed by atoms with van der Waals surface area (Å²) >= 11 is 3.44. The highest BCUT2D eigenvalue weighted by Gasteiger charge is 2.55. The molecule has 2 aliphatic carbocycles. The summed E-state index contributed by atoms with van der Waals surface area (Å²) < 4.78 is 14.3. The molecular weight excluding hydrogens is 545 g/mol. The van der Waals surface area contributed by atoms with Crippen molar-refractivity contribution >= 4 is 39.7 Å². The van der Waals surface area contributed by atoms with E-state index < -0.39 is 47.6 Å². The Hall–Kier alpha value is -3.27. The van der Waals surface area contributed by atoms with E-state index in [0.29, 0.717) is 44.1 Å². The Kier molecular flexibility index (Phi) is 6.78. The molecule has 8 nitrogen and oxygen atoms in total. The van der Waals surface area contributed by atoms with Gasteiger partial charge >= 0.3 is 12.0 Å². The van der Waals surface area contributed by atoms with E-state index in [9.17, 15) is 28.7 Å². The molecule has 5 rings (SSSR count). The van der Waals surface area contributed by atoms with Crippen LogP contribution in [0.1, 0.15) is 48.8 Å². The standard InChI is InChI=1S/C27H27BrFN3O5/c28-19-5-10-22-18(13-19)11-12-27(22)25(36)32(26(37)30-27)15-23(33)31(14-16-1-6-20(29)7-2-16)21-8-3-17(4-9-21)24(34)35/h1-2,5-7,10,13,17,21H,3-4,8-9,11-12,14-15H2,(H,30,37)(H,34,35)/t17-,21-,27?. The third kappa shape index (κ3) is 4.74. The smallest absolute Gasteiger partial charge is 0.325 e. The van der Waals surface area contributed by atoms with Gasteiger partial charge in [-0.05, 0) is 79.5 Å². The fraction of sp³-hybridized carbons (Fsp3) is 0.407. The van der Waals surface area contributed by atoms with Gasteiger partial charge in [0.05, 0.1) is 5.92 Å². The second kappa shape index (κ2) is 9.89. The molecule has 10 heteroatoms. The van der Waals surface area contributed by atoms with Gasteiger partial charge in [-0.3, -0.25) is 19.3 Å². The van der Waals surface area contributed by atoms with Crippen molar-refractivity contribution in [3.8, 4) is 0 Å². The quantitative estimate of drug-likeness (QED) is 0.510. The maximum Gasteiger partial charge on any atom is 0.325 e. The van der Waals surface area contributed by atoms with Gasteiger partial charge in [0.15, 0.2) is 0 Å². The van der Waals surface area contributed by atoms with Crippen molar-refractivity contribution in [1.29, 1.82) is 0 Å². The van der Waals surface area contributed by atoms with E-state index in [1.54, 1.807) is 17.0 Å². The summed E-state index contributed by atoms with van der Waals surface area (Å²) in [6.45, 7) is -0.245. The molecule has 0 bridgehead atoms. The number of hydrogen-bond acceptors (Lipinski definition) is 4. The number of carbonyl (C=O) groups is 4. The lowest BCUT2D eigenvalue weighted by molar-refractivity contribution is -0.145. The summed E-state index contributed by atoms with van der Waals surface area (Å²) in [6.07, 6.45) is 2.92. The number of carboxylic acids is 1.